The fourth-order valence-electron chi connectivity index (χ4n) is 5.95. The van der Waals surface area contributed by atoms with Crippen LogP contribution in [-0.2, 0) is 5.54 Å². The van der Waals surface area contributed by atoms with Gasteiger partial charge in [-0.2, -0.15) is 4.99 Å². The first-order chi connectivity index (χ1) is 21.9. The Kier molecular flexibility index (Phi) is 8.58. The lowest BCUT2D eigenvalue weighted by atomic mass is 9.95. The molecule has 46 heavy (non-hydrogen) atoms. The maximum atomic E-state index is 13.4. The van der Waals surface area contributed by atoms with E-state index in [1.54, 1.807) is 11.8 Å². The van der Waals surface area contributed by atoms with E-state index in [2.05, 4.69) is 75.9 Å². The first-order valence-electron chi connectivity index (χ1n) is 15.2. The molecule has 12 heteroatoms. The summed E-state index contributed by atoms with van der Waals surface area (Å²) in [6.07, 6.45) is -0.626. The van der Waals surface area contributed by atoms with E-state index in [1.807, 2.05) is 24.3 Å². The highest BCUT2D eigenvalue weighted by Gasteiger charge is 2.46. The van der Waals surface area contributed by atoms with Gasteiger partial charge in [-0.3, -0.25) is 0 Å². The summed E-state index contributed by atoms with van der Waals surface area (Å²) in [5.74, 6) is 1.39. The number of ether oxygens (including phenoxy) is 1. The van der Waals surface area contributed by atoms with Crippen molar-refractivity contribution in [2.45, 2.75) is 70.8 Å². The molecule has 1 N–H and O–H groups in total. The molecule has 0 spiro atoms. The zero-order chi connectivity index (χ0) is 32.6. The number of carbonyl (C=O) groups is 1. The normalized spacial score (nSPS) is 18.6. The quantitative estimate of drug-likeness (QED) is 0.217. The lowest BCUT2D eigenvalue weighted by Crippen LogP contribution is -2.43. The third-order valence-corrected chi connectivity index (χ3v) is 9.35. The standard InChI is InChI=1S/C34H35F3N6O2S/c1-21(2)29-22(3)6-5-7-28(29)43-23(4)16-19-46-32(43)39-31(44)40-33(17-18-33)25-10-8-24(9-11-25)30-38-20-42(41-30)26-12-14-27(15-13-26)45-34(35,36)37/h5-15,20-21,23H,16-19H2,1-4H3,(H,40,44). The van der Waals surface area contributed by atoms with Crippen LogP contribution in [0.5, 0.6) is 5.75 Å². The van der Waals surface area contributed by atoms with Crippen LogP contribution >= 0.6 is 11.8 Å². The summed E-state index contributed by atoms with van der Waals surface area (Å²) in [6.45, 7) is 8.71. The Morgan fingerprint density at radius 3 is 2.46 bits per heavy atom. The second-order valence-corrected chi connectivity index (χ2v) is 13.1. The molecule has 3 aromatic carbocycles. The molecule has 0 bridgehead atoms. The summed E-state index contributed by atoms with van der Waals surface area (Å²) < 4.78 is 42.8. The lowest BCUT2D eigenvalue weighted by molar-refractivity contribution is -0.274. The number of alkyl halides is 3. The van der Waals surface area contributed by atoms with E-state index < -0.39 is 11.9 Å². The summed E-state index contributed by atoms with van der Waals surface area (Å²) in [7, 11) is 0. The number of nitrogens with zero attached hydrogens (tertiary/aromatic N) is 5. The van der Waals surface area contributed by atoms with Gasteiger partial charge in [0, 0.05) is 23.0 Å². The molecule has 240 valence electrons. The van der Waals surface area contributed by atoms with Gasteiger partial charge in [0.2, 0.25) is 0 Å². The number of urea groups is 1. The molecule has 6 rings (SSSR count). The number of halogens is 3. The van der Waals surface area contributed by atoms with Crippen molar-refractivity contribution < 1.29 is 22.7 Å². The zero-order valence-electron chi connectivity index (χ0n) is 26.0. The number of thioether (sulfide) groups is 1. The Bertz CT molecular complexity index is 1750. The van der Waals surface area contributed by atoms with E-state index in [1.165, 1.54) is 46.4 Å². The molecule has 1 aliphatic heterocycles. The maximum absolute atomic E-state index is 13.4. The van der Waals surface area contributed by atoms with Crippen molar-refractivity contribution in [2.75, 3.05) is 10.7 Å². The average Bonchev–Trinajstić information content (AvgIpc) is 3.60. The van der Waals surface area contributed by atoms with Gasteiger partial charge in [0.15, 0.2) is 11.0 Å². The number of benzene rings is 3. The molecule has 2 fully saturated rings. The van der Waals surface area contributed by atoms with Crippen molar-refractivity contribution in [3.8, 4) is 22.8 Å². The minimum absolute atomic E-state index is 0.217. The van der Waals surface area contributed by atoms with Crippen LogP contribution in [0.4, 0.5) is 23.7 Å². The van der Waals surface area contributed by atoms with Crippen molar-refractivity contribution >= 4 is 28.6 Å². The molecule has 1 saturated heterocycles. The van der Waals surface area contributed by atoms with Gasteiger partial charge >= 0.3 is 12.4 Å². The van der Waals surface area contributed by atoms with Gasteiger partial charge in [-0.1, -0.05) is 62.0 Å². The summed E-state index contributed by atoms with van der Waals surface area (Å²) in [6, 6.07) is 19.3. The van der Waals surface area contributed by atoms with Gasteiger partial charge < -0.3 is 15.0 Å². The highest BCUT2D eigenvalue weighted by Crippen LogP contribution is 2.46. The predicted molar refractivity (Wildman–Crippen MR) is 175 cm³/mol. The number of carbonyl (C=O) groups excluding carboxylic acids is 1. The van der Waals surface area contributed by atoms with Crippen LogP contribution < -0.4 is 15.0 Å². The van der Waals surface area contributed by atoms with E-state index in [-0.39, 0.29) is 17.8 Å². The van der Waals surface area contributed by atoms with Crippen LogP contribution in [0.25, 0.3) is 17.1 Å². The molecule has 2 amide bonds. The smallest absolute Gasteiger partial charge is 0.406 e. The highest BCUT2D eigenvalue weighted by molar-refractivity contribution is 8.14. The summed E-state index contributed by atoms with van der Waals surface area (Å²) in [5, 5.41) is 8.39. The lowest BCUT2D eigenvalue weighted by Gasteiger charge is -2.37. The molecule has 1 aromatic heterocycles. The first kappa shape index (κ1) is 31.7. The number of amidine groups is 1. The molecule has 2 heterocycles. The van der Waals surface area contributed by atoms with Crippen LogP contribution in [0.1, 0.15) is 62.6 Å². The van der Waals surface area contributed by atoms with Gasteiger partial charge in [0.1, 0.15) is 12.1 Å². The highest BCUT2D eigenvalue weighted by atomic mass is 32.2. The summed E-state index contributed by atoms with van der Waals surface area (Å²) in [5.41, 5.74) is 5.43. The van der Waals surface area contributed by atoms with Crippen molar-refractivity contribution in [1.82, 2.24) is 20.1 Å². The minimum atomic E-state index is -4.75. The third kappa shape index (κ3) is 6.76. The largest absolute Gasteiger partial charge is 0.573 e. The SMILES string of the molecule is Cc1cccc(N2C(=NC(=O)NC3(c4ccc(-c5ncn(-c6ccc(OC(F)(F)F)cc6)n5)cc4)CC3)SCCC2C)c1C(C)C. The molecule has 1 aliphatic carbocycles. The van der Waals surface area contributed by atoms with Gasteiger partial charge in [0.05, 0.1) is 11.2 Å². The molecule has 1 unspecified atom stereocenters. The number of rotatable bonds is 7. The number of aliphatic imine (C=N–C) groups is 1. The van der Waals surface area contributed by atoms with E-state index in [0.29, 0.717) is 17.4 Å². The predicted octanol–water partition coefficient (Wildman–Crippen LogP) is 8.35. The monoisotopic (exact) mass is 648 g/mol. The van der Waals surface area contributed by atoms with E-state index in [9.17, 15) is 18.0 Å². The van der Waals surface area contributed by atoms with Gasteiger partial charge in [0.25, 0.3) is 0 Å². The first-order valence-corrected chi connectivity index (χ1v) is 16.2. The number of aromatic nitrogens is 3. The molecular formula is C34H35F3N6O2S. The number of hydrogen-bond donors (Lipinski definition) is 1. The van der Waals surface area contributed by atoms with E-state index >= 15 is 0 Å². The third-order valence-electron chi connectivity index (χ3n) is 8.37. The van der Waals surface area contributed by atoms with Crippen LogP contribution in [0.2, 0.25) is 0 Å². The van der Waals surface area contributed by atoms with Gasteiger partial charge in [-0.05, 0) is 86.1 Å². The number of hydrogen-bond acceptors (Lipinski definition) is 5. The van der Waals surface area contributed by atoms with Crippen LogP contribution in [0, 0.1) is 6.92 Å². The molecule has 1 atom stereocenters. The summed E-state index contributed by atoms with van der Waals surface area (Å²) in [4.78, 5) is 24.6. The van der Waals surface area contributed by atoms with Crippen molar-refractivity contribution in [1.29, 1.82) is 0 Å². The maximum Gasteiger partial charge on any atom is 0.573 e. The number of amides is 2. The second-order valence-electron chi connectivity index (χ2n) is 12.1. The van der Waals surface area contributed by atoms with Crippen LogP contribution in [0.3, 0.4) is 0 Å². The Hall–Kier alpha value is -4.32. The van der Waals surface area contributed by atoms with Crippen molar-refractivity contribution in [2.24, 2.45) is 4.99 Å². The van der Waals surface area contributed by atoms with Crippen LogP contribution in [0.15, 0.2) is 78.0 Å². The van der Waals surface area contributed by atoms with Gasteiger partial charge in [-0.15, -0.1) is 18.3 Å². The minimum Gasteiger partial charge on any atom is -0.406 e. The van der Waals surface area contributed by atoms with E-state index in [4.69, 9.17) is 0 Å². The second kappa shape index (κ2) is 12.5. The zero-order valence-corrected chi connectivity index (χ0v) is 26.8. The molecule has 2 aliphatic rings. The Balaban J connectivity index is 1.16. The summed E-state index contributed by atoms with van der Waals surface area (Å²) >= 11 is 1.62. The van der Waals surface area contributed by atoms with E-state index in [0.717, 1.165) is 47.0 Å². The molecule has 1 saturated carbocycles. The number of anilines is 1. The average molecular weight is 649 g/mol. The van der Waals surface area contributed by atoms with Gasteiger partial charge in [-0.25, -0.2) is 14.5 Å². The topological polar surface area (TPSA) is 84.6 Å². The number of aryl methyl sites for hydroxylation is 1. The fourth-order valence-corrected chi connectivity index (χ4v) is 7.16. The van der Waals surface area contributed by atoms with Crippen molar-refractivity contribution in [3.63, 3.8) is 0 Å². The van der Waals surface area contributed by atoms with Crippen LogP contribution in [-0.4, -0.2) is 44.1 Å². The molecular weight excluding hydrogens is 613 g/mol. The Labute approximate surface area is 270 Å². The Morgan fingerprint density at radius 1 is 1.09 bits per heavy atom. The Morgan fingerprint density at radius 2 is 1.80 bits per heavy atom. The molecule has 4 aromatic rings. The molecule has 0 radical (unpaired) electrons. The molecule has 8 nitrogen and oxygen atoms in total. The number of nitrogens with one attached hydrogen (secondary N) is 1. The fraction of sp³-hybridized carbons (Fsp3) is 0.353. The van der Waals surface area contributed by atoms with Crippen molar-refractivity contribution in [3.05, 3.63) is 89.7 Å².